The normalized spacial score (nSPS) is 13.1. The first-order valence-corrected chi connectivity index (χ1v) is 22.5. The number of para-hydroxylation sites is 3. The van der Waals surface area contributed by atoms with E-state index in [2.05, 4.69) is 254 Å². The number of hydrogen-bond donors (Lipinski definition) is 0. The first kappa shape index (κ1) is 40.0. The van der Waals surface area contributed by atoms with Crippen LogP contribution in [0.1, 0.15) is 51.3 Å². The van der Waals surface area contributed by atoms with Crippen molar-refractivity contribution in [3.8, 4) is 34.1 Å². The minimum absolute atomic E-state index is 0.00796. The summed E-state index contributed by atoms with van der Waals surface area (Å²) in [4.78, 5) is 9.76. The van der Waals surface area contributed by atoms with Crippen LogP contribution in [0.15, 0.2) is 207 Å². The van der Waals surface area contributed by atoms with Gasteiger partial charge in [-0.2, -0.15) is 0 Å². The Balaban J connectivity index is 1.06. The Morgan fingerprint density at radius 1 is 0.477 bits per heavy atom. The van der Waals surface area contributed by atoms with Crippen LogP contribution in [0.4, 0.5) is 11.4 Å². The fraction of sp³-hybridized carbons (Fsp3) is 0.136. The van der Waals surface area contributed by atoms with Gasteiger partial charge in [-0.15, -0.1) is 0 Å². The SMILES string of the molecule is CC(C)(C)c1ccccc1N1C=CN(c2cc(Oc3ccc4c(c3)n(-c3cc(C(C)(C)c5ccccc5)ccn3)c3c5ccccc5n(-c5ccccc5)c43)cc(-c3ccccc3)c2)C1. The molecule has 0 amide bonds. The van der Waals surface area contributed by atoms with Gasteiger partial charge in [-0.1, -0.05) is 150 Å². The Morgan fingerprint density at radius 3 is 1.92 bits per heavy atom. The van der Waals surface area contributed by atoms with Crippen LogP contribution in [0.2, 0.25) is 0 Å². The van der Waals surface area contributed by atoms with Crippen LogP contribution in [-0.2, 0) is 10.8 Å². The van der Waals surface area contributed by atoms with E-state index in [-0.39, 0.29) is 10.8 Å². The molecule has 6 heteroatoms. The van der Waals surface area contributed by atoms with Crippen molar-refractivity contribution in [1.29, 1.82) is 0 Å². The van der Waals surface area contributed by atoms with E-state index in [1.165, 1.54) is 22.4 Å². The lowest BCUT2D eigenvalue weighted by atomic mass is 9.78. The minimum Gasteiger partial charge on any atom is -0.457 e. The van der Waals surface area contributed by atoms with Crippen LogP contribution >= 0.6 is 0 Å². The third kappa shape index (κ3) is 7.12. The number of hydrogen-bond acceptors (Lipinski definition) is 4. The molecular formula is C59H51N5O. The molecule has 4 heterocycles. The third-order valence-electron chi connectivity index (χ3n) is 13.1. The average Bonchev–Trinajstić information content (AvgIpc) is 4.05. The van der Waals surface area contributed by atoms with Gasteiger partial charge in [0.1, 0.15) is 17.3 Å². The van der Waals surface area contributed by atoms with Crippen molar-refractivity contribution >= 4 is 44.2 Å². The second-order valence-electron chi connectivity index (χ2n) is 18.6. The van der Waals surface area contributed by atoms with E-state index < -0.39 is 0 Å². The molecule has 0 unspecified atom stereocenters. The van der Waals surface area contributed by atoms with Gasteiger partial charge in [-0.25, -0.2) is 4.98 Å². The average molecular weight is 846 g/mol. The molecule has 3 aromatic heterocycles. The summed E-state index contributed by atoms with van der Waals surface area (Å²) in [5.74, 6) is 2.35. The van der Waals surface area contributed by atoms with Gasteiger partial charge in [0.15, 0.2) is 0 Å². The Morgan fingerprint density at radius 2 is 1.14 bits per heavy atom. The molecule has 0 saturated heterocycles. The molecule has 11 rings (SSSR count). The van der Waals surface area contributed by atoms with E-state index in [0.29, 0.717) is 6.67 Å². The summed E-state index contributed by atoms with van der Waals surface area (Å²) in [7, 11) is 0. The van der Waals surface area contributed by atoms with Crippen molar-refractivity contribution in [1.82, 2.24) is 14.1 Å². The van der Waals surface area contributed by atoms with Crippen molar-refractivity contribution < 1.29 is 4.74 Å². The number of benzene rings is 7. The zero-order chi connectivity index (χ0) is 44.3. The van der Waals surface area contributed by atoms with Gasteiger partial charge < -0.3 is 19.1 Å². The van der Waals surface area contributed by atoms with Crippen LogP contribution in [0, 0.1) is 0 Å². The summed E-state index contributed by atoms with van der Waals surface area (Å²) in [5, 5.41) is 2.26. The van der Waals surface area contributed by atoms with Crippen molar-refractivity contribution in [3.05, 3.63) is 223 Å². The predicted molar refractivity (Wildman–Crippen MR) is 270 cm³/mol. The van der Waals surface area contributed by atoms with E-state index in [1.54, 1.807) is 0 Å². The van der Waals surface area contributed by atoms with Crippen LogP contribution in [0.3, 0.4) is 0 Å². The second kappa shape index (κ2) is 15.8. The van der Waals surface area contributed by atoms with Gasteiger partial charge >= 0.3 is 0 Å². The Labute approximate surface area is 380 Å². The van der Waals surface area contributed by atoms with Crippen molar-refractivity contribution in [3.63, 3.8) is 0 Å². The summed E-state index contributed by atoms with van der Waals surface area (Å²) in [6.45, 7) is 12.1. The molecule has 10 aromatic rings. The fourth-order valence-electron chi connectivity index (χ4n) is 9.66. The molecule has 0 radical (unpaired) electrons. The summed E-state index contributed by atoms with van der Waals surface area (Å²) >= 11 is 0. The monoisotopic (exact) mass is 845 g/mol. The number of anilines is 2. The molecule has 0 N–H and O–H groups in total. The van der Waals surface area contributed by atoms with Crippen LogP contribution in [0.5, 0.6) is 11.5 Å². The highest BCUT2D eigenvalue weighted by Gasteiger charge is 2.28. The molecule has 65 heavy (non-hydrogen) atoms. The van der Waals surface area contributed by atoms with E-state index in [1.807, 2.05) is 6.20 Å². The Kier molecular flexibility index (Phi) is 9.69. The van der Waals surface area contributed by atoms with E-state index in [0.717, 1.165) is 72.7 Å². The van der Waals surface area contributed by atoms with Gasteiger partial charge in [-0.05, 0) is 93.9 Å². The van der Waals surface area contributed by atoms with Gasteiger partial charge in [0.05, 0.1) is 28.7 Å². The standard InChI is InChI=1S/C59H51N5O/c1-58(2,3)51-26-16-18-28-53(51)62-34-33-61(40-62)46-35-42(41-19-9-6-10-20-41)36-48(38-46)65-47-29-30-50-54(39-47)64(55-37-44(31-32-60-55)59(4,5)43-21-11-7-12-22-43)57-49-25-15-17-27-52(49)63(56(50)57)45-23-13-8-14-24-45/h6-39H,40H2,1-5H3. The summed E-state index contributed by atoms with van der Waals surface area (Å²) in [6, 6.07) is 66.8. The van der Waals surface area contributed by atoms with E-state index in [9.17, 15) is 0 Å². The number of nitrogens with zero attached hydrogens (tertiary/aromatic N) is 5. The van der Waals surface area contributed by atoms with Crippen LogP contribution in [0.25, 0.3) is 55.5 Å². The van der Waals surface area contributed by atoms with Gasteiger partial charge in [-0.3, -0.25) is 4.57 Å². The third-order valence-corrected chi connectivity index (χ3v) is 13.1. The maximum Gasteiger partial charge on any atom is 0.137 e. The highest BCUT2D eigenvalue weighted by molar-refractivity contribution is 6.20. The molecule has 318 valence electrons. The summed E-state index contributed by atoms with van der Waals surface area (Å²) < 4.78 is 11.8. The number of pyridine rings is 1. The molecule has 0 saturated carbocycles. The van der Waals surface area contributed by atoms with Gasteiger partial charge in [0.2, 0.25) is 0 Å². The molecular weight excluding hydrogens is 795 g/mol. The maximum absolute atomic E-state index is 7.02. The van der Waals surface area contributed by atoms with E-state index in [4.69, 9.17) is 9.72 Å². The molecule has 0 fully saturated rings. The molecule has 1 aliphatic heterocycles. The van der Waals surface area contributed by atoms with Gasteiger partial charge in [0, 0.05) is 64.0 Å². The highest BCUT2D eigenvalue weighted by Crippen LogP contribution is 2.44. The second-order valence-corrected chi connectivity index (χ2v) is 18.6. The minimum atomic E-state index is -0.258. The summed E-state index contributed by atoms with van der Waals surface area (Å²) in [5.41, 5.74) is 13.5. The number of ether oxygens (including phenoxy) is 1. The van der Waals surface area contributed by atoms with Gasteiger partial charge in [0.25, 0.3) is 0 Å². The lowest BCUT2D eigenvalue weighted by Crippen LogP contribution is -2.27. The Bertz CT molecular complexity index is 3390. The number of fused-ring (bicyclic) bond motifs is 5. The molecule has 0 bridgehead atoms. The van der Waals surface area contributed by atoms with Crippen molar-refractivity contribution in [2.45, 2.75) is 45.4 Å². The molecule has 0 aliphatic carbocycles. The Hall–Kier alpha value is -7.83. The lowest BCUT2D eigenvalue weighted by Gasteiger charge is -2.29. The van der Waals surface area contributed by atoms with Crippen molar-refractivity contribution in [2.24, 2.45) is 0 Å². The quantitative estimate of drug-likeness (QED) is 0.145. The molecule has 0 spiro atoms. The predicted octanol–water partition coefficient (Wildman–Crippen LogP) is 15.0. The largest absolute Gasteiger partial charge is 0.457 e. The van der Waals surface area contributed by atoms with Crippen LogP contribution in [-0.4, -0.2) is 20.8 Å². The molecule has 7 aromatic carbocycles. The first-order valence-electron chi connectivity index (χ1n) is 22.5. The maximum atomic E-state index is 7.02. The first-order chi connectivity index (χ1) is 31.6. The zero-order valence-electron chi connectivity index (χ0n) is 37.5. The van der Waals surface area contributed by atoms with E-state index >= 15 is 0 Å². The molecule has 6 nitrogen and oxygen atoms in total. The zero-order valence-corrected chi connectivity index (χ0v) is 37.5. The fourth-order valence-corrected chi connectivity index (χ4v) is 9.66. The van der Waals surface area contributed by atoms with Crippen molar-refractivity contribution in [2.75, 3.05) is 16.5 Å². The number of rotatable bonds is 9. The smallest absolute Gasteiger partial charge is 0.137 e. The molecule has 0 atom stereocenters. The topological polar surface area (TPSA) is 38.5 Å². The lowest BCUT2D eigenvalue weighted by molar-refractivity contribution is 0.483. The summed E-state index contributed by atoms with van der Waals surface area (Å²) in [6.07, 6.45) is 6.31. The highest BCUT2D eigenvalue weighted by atomic mass is 16.5. The molecule has 1 aliphatic rings. The number of aromatic nitrogens is 3. The van der Waals surface area contributed by atoms with Crippen LogP contribution < -0.4 is 14.5 Å².